The van der Waals surface area contributed by atoms with E-state index < -0.39 is 0 Å². The number of anilines is 1. The number of nitrogens with one attached hydrogen (secondary N) is 1. The minimum atomic E-state index is 0.275. The maximum absolute atomic E-state index is 9.11. The van der Waals surface area contributed by atoms with Crippen LogP contribution in [0.5, 0.6) is 5.75 Å². The highest BCUT2D eigenvalue weighted by molar-refractivity contribution is 5.67. The van der Waals surface area contributed by atoms with Crippen LogP contribution >= 0.6 is 0 Å². The van der Waals surface area contributed by atoms with Crippen molar-refractivity contribution in [2.24, 2.45) is 5.92 Å². The van der Waals surface area contributed by atoms with Crippen LogP contribution in [0.15, 0.2) is 28.7 Å². The van der Waals surface area contributed by atoms with E-state index in [4.69, 9.17) is 14.4 Å². The average molecular weight is 311 g/mol. The number of hydrogen-bond acceptors (Lipinski definition) is 5. The summed E-state index contributed by atoms with van der Waals surface area (Å²) in [6.07, 6.45) is 3.63. The van der Waals surface area contributed by atoms with Crippen molar-refractivity contribution in [2.75, 3.05) is 18.5 Å². The maximum Gasteiger partial charge on any atom is 0.232 e. The molecule has 5 nitrogen and oxygen atoms in total. The van der Waals surface area contributed by atoms with E-state index in [1.807, 2.05) is 43.3 Å². The average Bonchev–Trinajstić information content (AvgIpc) is 2.95. The summed E-state index contributed by atoms with van der Waals surface area (Å²) in [7, 11) is 0. The normalized spacial score (nSPS) is 10.9. The molecule has 0 saturated carbocycles. The van der Waals surface area contributed by atoms with Gasteiger partial charge in [0.25, 0.3) is 0 Å². The number of ether oxygens (including phenoxy) is 1. The van der Waals surface area contributed by atoms with Crippen LogP contribution in [0, 0.1) is 17.2 Å². The van der Waals surface area contributed by atoms with Crippen molar-refractivity contribution in [1.29, 1.82) is 5.26 Å². The van der Waals surface area contributed by atoms with Gasteiger partial charge in [0, 0.05) is 12.6 Å². The summed E-state index contributed by atoms with van der Waals surface area (Å²) in [6, 6.07) is 9.77. The van der Waals surface area contributed by atoms with Gasteiger partial charge in [-0.2, -0.15) is 10.2 Å². The Morgan fingerprint density at radius 1 is 1.30 bits per heavy atom. The lowest BCUT2D eigenvalue weighted by Gasteiger charge is -2.04. The van der Waals surface area contributed by atoms with Gasteiger partial charge in [-0.15, -0.1) is 0 Å². The molecule has 2 aromatic rings. The fourth-order valence-corrected chi connectivity index (χ4v) is 1.91. The van der Waals surface area contributed by atoms with Crippen molar-refractivity contribution in [3.63, 3.8) is 0 Å². The first kappa shape index (κ1) is 16.6. The third kappa shape index (κ3) is 4.89. The van der Waals surface area contributed by atoms with E-state index >= 15 is 0 Å². The second-order valence-corrected chi connectivity index (χ2v) is 5.45. The SMILES string of the molecule is CCOc1ccc(C=Cc2nc(C#N)c(NCC(C)C)o2)cc1. The van der Waals surface area contributed by atoms with Gasteiger partial charge in [-0.25, -0.2) is 0 Å². The van der Waals surface area contributed by atoms with Crippen molar-refractivity contribution in [1.82, 2.24) is 4.98 Å². The molecular weight excluding hydrogens is 290 g/mol. The van der Waals surface area contributed by atoms with E-state index in [1.165, 1.54) is 0 Å². The molecule has 0 atom stereocenters. The second kappa shape index (κ2) is 8.04. The van der Waals surface area contributed by atoms with Gasteiger partial charge >= 0.3 is 0 Å². The Morgan fingerprint density at radius 3 is 2.65 bits per heavy atom. The molecule has 0 aliphatic carbocycles. The lowest BCUT2D eigenvalue weighted by molar-refractivity contribution is 0.340. The van der Waals surface area contributed by atoms with Crippen LogP contribution in [-0.2, 0) is 0 Å². The number of aromatic nitrogens is 1. The number of rotatable bonds is 7. The number of nitriles is 1. The van der Waals surface area contributed by atoms with Gasteiger partial charge in [0.15, 0.2) is 0 Å². The fourth-order valence-electron chi connectivity index (χ4n) is 1.91. The molecule has 1 aromatic heterocycles. The van der Waals surface area contributed by atoms with Gasteiger partial charge in [0.2, 0.25) is 17.5 Å². The first-order valence-electron chi connectivity index (χ1n) is 7.68. The van der Waals surface area contributed by atoms with Gasteiger partial charge < -0.3 is 14.5 Å². The summed E-state index contributed by atoms with van der Waals surface area (Å²) in [4.78, 5) is 4.17. The fraction of sp³-hybridized carbons (Fsp3) is 0.333. The molecule has 1 heterocycles. The topological polar surface area (TPSA) is 71.1 Å². The summed E-state index contributed by atoms with van der Waals surface area (Å²) in [5, 5.41) is 12.2. The molecule has 0 radical (unpaired) electrons. The number of benzene rings is 1. The summed E-state index contributed by atoms with van der Waals surface area (Å²) in [5.41, 5.74) is 1.28. The van der Waals surface area contributed by atoms with Crippen LogP contribution in [0.25, 0.3) is 12.2 Å². The summed E-state index contributed by atoms with van der Waals surface area (Å²) >= 11 is 0. The Hall–Kier alpha value is -2.74. The molecule has 0 aliphatic rings. The highest BCUT2D eigenvalue weighted by atomic mass is 16.5. The van der Waals surface area contributed by atoms with Gasteiger partial charge in [-0.1, -0.05) is 26.0 Å². The second-order valence-electron chi connectivity index (χ2n) is 5.45. The van der Waals surface area contributed by atoms with E-state index in [0.717, 1.165) is 17.9 Å². The lowest BCUT2D eigenvalue weighted by Crippen LogP contribution is -2.08. The molecule has 5 heteroatoms. The first-order chi connectivity index (χ1) is 11.1. The molecule has 0 spiro atoms. The first-order valence-corrected chi connectivity index (χ1v) is 7.68. The van der Waals surface area contributed by atoms with E-state index in [9.17, 15) is 0 Å². The molecule has 1 N–H and O–H groups in total. The Balaban J connectivity index is 2.08. The van der Waals surface area contributed by atoms with Crippen molar-refractivity contribution in [3.05, 3.63) is 41.4 Å². The highest BCUT2D eigenvalue weighted by Crippen LogP contribution is 2.19. The number of hydrogen-bond donors (Lipinski definition) is 1. The highest BCUT2D eigenvalue weighted by Gasteiger charge is 2.11. The molecule has 2 rings (SSSR count). The standard InChI is InChI=1S/C18H21N3O2/c1-4-22-15-8-5-14(6-9-15)7-10-17-21-16(11-19)18(23-17)20-12-13(2)3/h5-10,13,20H,4,12H2,1-3H3. The molecule has 0 fully saturated rings. The molecule has 120 valence electrons. The lowest BCUT2D eigenvalue weighted by atomic mass is 10.2. The zero-order chi connectivity index (χ0) is 16.7. The number of oxazole rings is 1. The Morgan fingerprint density at radius 2 is 2.04 bits per heavy atom. The van der Waals surface area contributed by atoms with Crippen LogP contribution in [0.3, 0.4) is 0 Å². The predicted molar refractivity (Wildman–Crippen MR) is 91.1 cm³/mol. The van der Waals surface area contributed by atoms with Crippen LogP contribution in [-0.4, -0.2) is 18.1 Å². The largest absolute Gasteiger partial charge is 0.494 e. The molecule has 0 unspecified atom stereocenters. The summed E-state index contributed by atoms with van der Waals surface area (Å²) < 4.78 is 11.0. The quantitative estimate of drug-likeness (QED) is 0.830. The maximum atomic E-state index is 9.11. The minimum absolute atomic E-state index is 0.275. The summed E-state index contributed by atoms with van der Waals surface area (Å²) in [5.74, 6) is 2.12. The van der Waals surface area contributed by atoms with Gasteiger partial charge in [-0.3, -0.25) is 0 Å². The van der Waals surface area contributed by atoms with Crippen LogP contribution in [0.4, 0.5) is 5.88 Å². The van der Waals surface area contributed by atoms with Crippen molar-refractivity contribution in [3.8, 4) is 11.8 Å². The van der Waals surface area contributed by atoms with Crippen molar-refractivity contribution < 1.29 is 9.15 Å². The third-order valence-electron chi connectivity index (χ3n) is 3.03. The predicted octanol–water partition coefficient (Wildman–Crippen LogP) is 4.18. The van der Waals surface area contributed by atoms with Gasteiger partial charge in [0.1, 0.15) is 11.8 Å². The Bertz CT molecular complexity index is 694. The molecule has 0 aliphatic heterocycles. The van der Waals surface area contributed by atoms with Crippen LogP contribution < -0.4 is 10.1 Å². The van der Waals surface area contributed by atoms with E-state index in [2.05, 4.69) is 24.1 Å². The van der Waals surface area contributed by atoms with Crippen LogP contribution in [0.2, 0.25) is 0 Å². The Labute approximate surface area is 136 Å². The van der Waals surface area contributed by atoms with Crippen LogP contribution in [0.1, 0.15) is 37.9 Å². The molecule has 0 saturated heterocycles. The number of nitrogens with zero attached hydrogens (tertiary/aromatic N) is 2. The molecular formula is C18H21N3O2. The Kier molecular flexibility index (Phi) is 5.81. The van der Waals surface area contributed by atoms with Gasteiger partial charge in [0.05, 0.1) is 6.61 Å². The van der Waals surface area contributed by atoms with Crippen molar-refractivity contribution in [2.45, 2.75) is 20.8 Å². The zero-order valence-corrected chi connectivity index (χ0v) is 13.7. The molecule has 0 bridgehead atoms. The third-order valence-corrected chi connectivity index (χ3v) is 3.03. The van der Waals surface area contributed by atoms with E-state index in [1.54, 1.807) is 6.08 Å². The van der Waals surface area contributed by atoms with E-state index in [-0.39, 0.29) is 5.69 Å². The van der Waals surface area contributed by atoms with Crippen molar-refractivity contribution >= 4 is 18.0 Å². The van der Waals surface area contributed by atoms with Gasteiger partial charge in [-0.05, 0) is 36.6 Å². The molecule has 0 amide bonds. The minimum Gasteiger partial charge on any atom is -0.494 e. The monoisotopic (exact) mass is 311 g/mol. The smallest absolute Gasteiger partial charge is 0.232 e. The summed E-state index contributed by atoms with van der Waals surface area (Å²) in [6.45, 7) is 7.50. The zero-order valence-electron chi connectivity index (χ0n) is 13.7. The van der Waals surface area contributed by atoms with E-state index in [0.29, 0.717) is 24.3 Å². The molecule has 1 aromatic carbocycles. The molecule has 23 heavy (non-hydrogen) atoms.